The summed E-state index contributed by atoms with van der Waals surface area (Å²) < 4.78 is 59.6. The summed E-state index contributed by atoms with van der Waals surface area (Å²) in [5.74, 6) is -5.69. The summed E-state index contributed by atoms with van der Waals surface area (Å²) in [7, 11) is -1.00. The molecule has 0 radical (unpaired) electrons. The number of anilines is 2. The van der Waals surface area contributed by atoms with E-state index in [1.165, 1.54) is 54.5 Å². The fraction of sp³-hybridized carbons (Fsp3) is 0.160. The molecule has 1 spiro atoms. The number of hydrogen-bond donors (Lipinski definition) is 0. The Bertz CT molecular complexity index is 1460. The van der Waals surface area contributed by atoms with Crippen LogP contribution in [-0.4, -0.2) is 34.9 Å². The number of nitrogens with zero attached hydrogens (tertiary/aromatic N) is 2. The highest BCUT2D eigenvalue weighted by Gasteiger charge is 2.65. The van der Waals surface area contributed by atoms with Crippen LogP contribution in [0.1, 0.15) is 21.5 Å². The predicted molar refractivity (Wildman–Crippen MR) is 124 cm³/mol. The molecule has 184 valence electrons. The van der Waals surface area contributed by atoms with Crippen molar-refractivity contribution in [3.8, 4) is 0 Å². The van der Waals surface area contributed by atoms with Crippen LogP contribution in [0.15, 0.2) is 60.7 Å². The molecule has 2 amide bonds. The van der Waals surface area contributed by atoms with Gasteiger partial charge in [0.25, 0.3) is 5.91 Å². The monoisotopic (exact) mass is 514 g/mol. The van der Waals surface area contributed by atoms with Crippen LogP contribution in [0.25, 0.3) is 0 Å². The van der Waals surface area contributed by atoms with Gasteiger partial charge >= 0.3 is 5.97 Å². The molecule has 0 bridgehead atoms. The standard InChI is InChI=1S/C25H17F3N2O5S/c1-35-23(32)15-4-9-21-18(10-15)25(24(33)29(21)12-14-2-5-16(26)6-3-14)30(22(31)13-36(25)34)17-7-8-19(27)20(28)11-17/h2-11H,12-13H2,1H3. The Morgan fingerprint density at radius 3 is 2.39 bits per heavy atom. The molecule has 11 heteroatoms. The first-order valence-electron chi connectivity index (χ1n) is 10.6. The molecule has 0 saturated carbocycles. The van der Waals surface area contributed by atoms with Crippen molar-refractivity contribution < 1.29 is 36.5 Å². The minimum absolute atomic E-state index is 0.0358. The second-order valence-corrected chi connectivity index (χ2v) is 9.77. The molecule has 0 aromatic heterocycles. The van der Waals surface area contributed by atoms with Crippen molar-refractivity contribution in [1.82, 2.24) is 0 Å². The van der Waals surface area contributed by atoms with Crippen molar-refractivity contribution in [2.75, 3.05) is 22.7 Å². The van der Waals surface area contributed by atoms with Gasteiger partial charge in [-0.3, -0.25) is 18.7 Å². The van der Waals surface area contributed by atoms with Gasteiger partial charge in [0.2, 0.25) is 10.8 Å². The van der Waals surface area contributed by atoms with Crippen molar-refractivity contribution in [2.45, 2.75) is 11.4 Å². The van der Waals surface area contributed by atoms with Crippen molar-refractivity contribution in [3.63, 3.8) is 0 Å². The van der Waals surface area contributed by atoms with Gasteiger partial charge in [-0.1, -0.05) is 12.1 Å². The molecule has 0 N–H and O–H groups in total. The van der Waals surface area contributed by atoms with E-state index in [2.05, 4.69) is 0 Å². The molecule has 2 aliphatic rings. The predicted octanol–water partition coefficient (Wildman–Crippen LogP) is 3.39. The largest absolute Gasteiger partial charge is 0.465 e. The van der Waals surface area contributed by atoms with Crippen LogP contribution < -0.4 is 9.80 Å². The number of benzene rings is 3. The van der Waals surface area contributed by atoms with E-state index in [9.17, 15) is 31.8 Å². The van der Waals surface area contributed by atoms with Crippen LogP contribution in [0.3, 0.4) is 0 Å². The van der Waals surface area contributed by atoms with Crippen LogP contribution in [0.4, 0.5) is 24.5 Å². The molecule has 1 saturated heterocycles. The fourth-order valence-electron chi connectivity index (χ4n) is 4.57. The number of hydrogen-bond acceptors (Lipinski definition) is 5. The number of methoxy groups -OCH3 is 1. The number of esters is 1. The highest BCUT2D eigenvalue weighted by Crippen LogP contribution is 2.51. The summed E-state index contributed by atoms with van der Waals surface area (Å²) in [4.78, 5) is 39.5. The highest BCUT2D eigenvalue weighted by atomic mass is 32.2. The Morgan fingerprint density at radius 1 is 1.00 bits per heavy atom. The first kappa shape index (κ1) is 23.7. The van der Waals surface area contributed by atoms with E-state index >= 15 is 0 Å². The zero-order chi connectivity index (χ0) is 25.8. The highest BCUT2D eigenvalue weighted by molar-refractivity contribution is 7.88. The SMILES string of the molecule is COC(=O)c1ccc2c(c1)C1(C(=O)N2Cc2ccc(F)cc2)N(c2ccc(F)c(F)c2)C(=O)CS1=O. The number of halogens is 3. The summed E-state index contributed by atoms with van der Waals surface area (Å²) in [6, 6.07) is 12.2. The molecule has 2 unspecified atom stereocenters. The Labute approximate surface area is 205 Å². The van der Waals surface area contributed by atoms with Crippen LogP contribution in [0.2, 0.25) is 0 Å². The maximum absolute atomic E-state index is 14.2. The number of carbonyl (C=O) groups excluding carboxylic acids is 3. The van der Waals surface area contributed by atoms with Crippen molar-refractivity contribution in [3.05, 3.63) is 94.8 Å². The Kier molecular flexibility index (Phi) is 5.67. The molecule has 7 nitrogen and oxygen atoms in total. The van der Waals surface area contributed by atoms with Crippen molar-refractivity contribution >= 4 is 40.0 Å². The second kappa shape index (κ2) is 8.59. The lowest BCUT2D eigenvalue weighted by molar-refractivity contribution is -0.123. The van der Waals surface area contributed by atoms with Gasteiger partial charge in [-0.2, -0.15) is 0 Å². The Morgan fingerprint density at radius 2 is 1.72 bits per heavy atom. The third-order valence-corrected chi connectivity index (χ3v) is 7.92. The van der Waals surface area contributed by atoms with Gasteiger partial charge in [-0.25, -0.2) is 18.0 Å². The minimum atomic E-state index is -2.17. The van der Waals surface area contributed by atoms with E-state index < -0.39 is 56.7 Å². The molecular weight excluding hydrogens is 497 g/mol. The molecule has 36 heavy (non-hydrogen) atoms. The third kappa shape index (κ3) is 3.41. The quantitative estimate of drug-likeness (QED) is 0.499. The van der Waals surface area contributed by atoms with Crippen LogP contribution >= 0.6 is 0 Å². The Hall–Kier alpha value is -3.99. The second-order valence-electron chi connectivity index (χ2n) is 8.20. The summed E-state index contributed by atoms with van der Waals surface area (Å²) in [6.07, 6.45) is 0. The molecule has 1 fully saturated rings. The Balaban J connectivity index is 1.74. The van der Waals surface area contributed by atoms with Crippen LogP contribution in [-0.2, 0) is 36.5 Å². The van der Waals surface area contributed by atoms with Gasteiger partial charge in [-0.05, 0) is 48.0 Å². The first-order chi connectivity index (χ1) is 17.2. The van der Waals surface area contributed by atoms with Crippen molar-refractivity contribution in [1.29, 1.82) is 0 Å². The van der Waals surface area contributed by atoms with Gasteiger partial charge in [0.05, 0.1) is 35.7 Å². The zero-order valence-electron chi connectivity index (χ0n) is 18.7. The lowest BCUT2D eigenvalue weighted by atomic mass is 10.0. The first-order valence-corrected chi connectivity index (χ1v) is 12.0. The summed E-state index contributed by atoms with van der Waals surface area (Å²) >= 11 is 0. The molecule has 3 aromatic carbocycles. The molecular formula is C25H17F3N2O5S. The molecule has 5 rings (SSSR count). The van der Waals surface area contributed by atoms with Gasteiger partial charge in [0.1, 0.15) is 11.6 Å². The molecule has 2 atom stereocenters. The molecule has 3 aromatic rings. The van der Waals surface area contributed by atoms with E-state index in [1.54, 1.807) is 0 Å². The zero-order valence-corrected chi connectivity index (χ0v) is 19.5. The lowest BCUT2D eigenvalue weighted by Crippen LogP contribution is -2.52. The number of rotatable bonds is 4. The molecule has 0 aliphatic carbocycles. The summed E-state index contributed by atoms with van der Waals surface area (Å²) in [6.45, 7) is -0.0670. The lowest BCUT2D eigenvalue weighted by Gasteiger charge is -2.33. The van der Waals surface area contributed by atoms with Gasteiger partial charge in [0, 0.05) is 17.3 Å². The maximum atomic E-state index is 14.2. The normalized spacial score (nSPS) is 20.8. The van der Waals surface area contributed by atoms with E-state index in [0.717, 1.165) is 23.1 Å². The van der Waals surface area contributed by atoms with Gasteiger partial charge in [-0.15, -0.1) is 0 Å². The number of carbonyl (C=O) groups is 3. The topological polar surface area (TPSA) is 84.0 Å². The smallest absolute Gasteiger partial charge is 0.337 e. The third-order valence-electron chi connectivity index (χ3n) is 6.17. The average molecular weight is 514 g/mol. The molecule has 2 aliphatic heterocycles. The van der Waals surface area contributed by atoms with E-state index in [1.807, 2.05) is 0 Å². The number of ether oxygens (including phenoxy) is 1. The average Bonchev–Trinajstić information content (AvgIpc) is 3.27. The number of fused-ring (bicyclic) bond motifs is 2. The minimum Gasteiger partial charge on any atom is -0.465 e. The van der Waals surface area contributed by atoms with E-state index in [0.29, 0.717) is 5.56 Å². The summed E-state index contributed by atoms with van der Waals surface area (Å²) in [5, 5.41) is 0. The van der Waals surface area contributed by atoms with Crippen LogP contribution in [0, 0.1) is 17.5 Å². The summed E-state index contributed by atoms with van der Waals surface area (Å²) in [5.41, 5.74) is 0.739. The van der Waals surface area contributed by atoms with E-state index in [4.69, 9.17) is 4.74 Å². The van der Waals surface area contributed by atoms with Gasteiger partial charge < -0.3 is 9.64 Å². The fourth-order valence-corrected chi connectivity index (χ4v) is 6.26. The van der Waals surface area contributed by atoms with Gasteiger partial charge in [0.15, 0.2) is 11.6 Å². The van der Waals surface area contributed by atoms with Crippen LogP contribution in [0.5, 0.6) is 0 Å². The number of amides is 2. The molecule has 2 heterocycles. The van der Waals surface area contributed by atoms with Crippen molar-refractivity contribution in [2.24, 2.45) is 0 Å². The van der Waals surface area contributed by atoms with E-state index in [-0.39, 0.29) is 29.0 Å². The maximum Gasteiger partial charge on any atom is 0.337 e.